The van der Waals surface area contributed by atoms with Crippen LogP contribution in [0.15, 0.2) is 30.5 Å². The molecule has 0 bridgehead atoms. The summed E-state index contributed by atoms with van der Waals surface area (Å²) in [6.07, 6.45) is 4.41. The maximum Gasteiger partial charge on any atom is 0.273 e. The van der Waals surface area contributed by atoms with Gasteiger partial charge in [0.25, 0.3) is 5.91 Å². The van der Waals surface area contributed by atoms with E-state index in [1.165, 1.54) is 12.1 Å². The first-order valence-electron chi connectivity index (χ1n) is 9.51. The fraction of sp³-hybridized carbons (Fsp3) is 0.550. The third-order valence-electron chi connectivity index (χ3n) is 4.82. The average Bonchev–Trinajstić information content (AvgIpc) is 3.12. The Morgan fingerprint density at radius 2 is 1.96 bits per heavy atom. The smallest absolute Gasteiger partial charge is 0.273 e. The molecule has 1 unspecified atom stereocenters. The molecule has 3 rings (SSSR count). The number of carbonyl (C=O) groups excluding carboxylic acids is 1. The van der Waals surface area contributed by atoms with E-state index in [4.69, 9.17) is 0 Å². The Kier molecular flexibility index (Phi) is 5.89. The van der Waals surface area contributed by atoms with Gasteiger partial charge in [-0.3, -0.25) is 4.79 Å². The second-order valence-electron chi connectivity index (χ2n) is 8.41. The van der Waals surface area contributed by atoms with Crippen LogP contribution in [0.4, 0.5) is 4.39 Å². The molecule has 1 aliphatic heterocycles. The number of amides is 1. The summed E-state index contributed by atoms with van der Waals surface area (Å²) in [6.45, 7) is 8.24. The highest BCUT2D eigenvalue weighted by molar-refractivity contribution is 5.92. The van der Waals surface area contributed by atoms with Crippen molar-refractivity contribution in [2.45, 2.75) is 52.1 Å². The van der Waals surface area contributed by atoms with Crippen molar-refractivity contribution in [2.75, 3.05) is 13.1 Å². The number of piperidine rings is 1. The maximum atomic E-state index is 13.3. The largest absolute Gasteiger partial charge is 0.344 e. The Hall–Kier alpha value is -2.28. The predicted octanol–water partition coefficient (Wildman–Crippen LogP) is 3.25. The number of halogens is 1. The molecule has 146 valence electrons. The third-order valence-corrected chi connectivity index (χ3v) is 4.82. The van der Waals surface area contributed by atoms with Crippen molar-refractivity contribution < 1.29 is 9.18 Å². The van der Waals surface area contributed by atoms with Gasteiger partial charge in [0.15, 0.2) is 5.69 Å². The van der Waals surface area contributed by atoms with Crippen LogP contribution >= 0.6 is 0 Å². The van der Waals surface area contributed by atoms with Crippen LogP contribution < -0.4 is 10.6 Å². The standard InChI is InChI=1S/C20H28FN5O/c1-20(2,3)12-17(14-4-6-15(21)7-5-14)23-19(27)18-13-26(25-24-18)16-8-10-22-11-9-16/h4-7,13,16-17,22H,8-12H2,1-3H3,(H,23,27). The van der Waals surface area contributed by atoms with E-state index in [0.717, 1.165) is 37.9 Å². The van der Waals surface area contributed by atoms with Gasteiger partial charge in [-0.15, -0.1) is 5.10 Å². The van der Waals surface area contributed by atoms with Gasteiger partial charge in [-0.05, 0) is 55.5 Å². The van der Waals surface area contributed by atoms with Crippen molar-refractivity contribution in [3.8, 4) is 0 Å². The Morgan fingerprint density at radius 3 is 2.59 bits per heavy atom. The minimum absolute atomic E-state index is 0.000952. The lowest BCUT2D eigenvalue weighted by Crippen LogP contribution is -2.31. The molecule has 1 fully saturated rings. The van der Waals surface area contributed by atoms with Crippen molar-refractivity contribution in [2.24, 2.45) is 5.41 Å². The summed E-state index contributed by atoms with van der Waals surface area (Å²) in [5.74, 6) is -0.543. The van der Waals surface area contributed by atoms with Gasteiger partial charge in [0, 0.05) is 0 Å². The fourth-order valence-electron chi connectivity index (χ4n) is 3.42. The van der Waals surface area contributed by atoms with E-state index >= 15 is 0 Å². The van der Waals surface area contributed by atoms with Gasteiger partial charge in [-0.25, -0.2) is 9.07 Å². The molecule has 27 heavy (non-hydrogen) atoms. The van der Waals surface area contributed by atoms with E-state index in [-0.39, 0.29) is 29.2 Å². The molecule has 0 spiro atoms. The van der Waals surface area contributed by atoms with E-state index in [2.05, 4.69) is 41.7 Å². The Morgan fingerprint density at radius 1 is 1.30 bits per heavy atom. The summed E-state index contributed by atoms with van der Waals surface area (Å²) in [5.41, 5.74) is 1.19. The number of aromatic nitrogens is 3. The monoisotopic (exact) mass is 373 g/mol. The number of hydrogen-bond acceptors (Lipinski definition) is 4. The van der Waals surface area contributed by atoms with Crippen LogP contribution in [-0.4, -0.2) is 34.0 Å². The molecule has 1 aromatic carbocycles. The zero-order valence-electron chi connectivity index (χ0n) is 16.2. The molecular formula is C20H28FN5O. The number of hydrogen-bond donors (Lipinski definition) is 2. The van der Waals surface area contributed by atoms with E-state index in [9.17, 15) is 9.18 Å². The van der Waals surface area contributed by atoms with Crippen LogP contribution in [0.2, 0.25) is 0 Å². The van der Waals surface area contributed by atoms with E-state index in [1.807, 2.05) is 0 Å². The van der Waals surface area contributed by atoms with Crippen LogP contribution in [0.5, 0.6) is 0 Å². The molecule has 1 amide bonds. The average molecular weight is 373 g/mol. The molecular weight excluding hydrogens is 345 g/mol. The van der Waals surface area contributed by atoms with Crippen LogP contribution in [-0.2, 0) is 0 Å². The summed E-state index contributed by atoms with van der Waals surface area (Å²) < 4.78 is 15.1. The van der Waals surface area contributed by atoms with Crippen LogP contribution in [0, 0.1) is 11.2 Å². The number of rotatable bonds is 5. The third kappa shape index (κ3) is 5.35. The van der Waals surface area contributed by atoms with Gasteiger partial charge in [0.1, 0.15) is 5.82 Å². The summed E-state index contributed by atoms with van der Waals surface area (Å²) in [7, 11) is 0. The summed E-state index contributed by atoms with van der Waals surface area (Å²) in [5, 5.41) is 14.6. The normalized spacial score (nSPS) is 16.9. The van der Waals surface area contributed by atoms with Gasteiger partial charge < -0.3 is 10.6 Å². The Labute approximate surface area is 159 Å². The van der Waals surface area contributed by atoms with Crippen molar-refractivity contribution in [3.05, 3.63) is 47.5 Å². The lowest BCUT2D eigenvalue weighted by molar-refractivity contribution is 0.0921. The van der Waals surface area contributed by atoms with Gasteiger partial charge in [0.2, 0.25) is 0 Å². The van der Waals surface area contributed by atoms with E-state index in [0.29, 0.717) is 5.69 Å². The molecule has 1 atom stereocenters. The van der Waals surface area contributed by atoms with Gasteiger partial charge >= 0.3 is 0 Å². The van der Waals surface area contributed by atoms with E-state index in [1.54, 1.807) is 23.0 Å². The second-order valence-corrected chi connectivity index (χ2v) is 8.41. The quantitative estimate of drug-likeness (QED) is 0.844. The van der Waals surface area contributed by atoms with Crippen molar-refractivity contribution in [1.82, 2.24) is 25.6 Å². The second kappa shape index (κ2) is 8.17. The minimum Gasteiger partial charge on any atom is -0.344 e. The minimum atomic E-state index is -0.288. The summed E-state index contributed by atoms with van der Waals surface area (Å²) in [4.78, 5) is 12.8. The molecule has 1 aliphatic rings. The molecule has 2 N–H and O–H groups in total. The zero-order valence-corrected chi connectivity index (χ0v) is 16.2. The molecule has 1 saturated heterocycles. The van der Waals surface area contributed by atoms with Gasteiger partial charge in [-0.2, -0.15) is 0 Å². The lowest BCUT2D eigenvalue weighted by Gasteiger charge is -2.27. The Bertz CT molecular complexity index is 759. The van der Waals surface area contributed by atoms with Crippen LogP contribution in [0.3, 0.4) is 0 Å². The molecule has 0 saturated carbocycles. The molecule has 0 radical (unpaired) electrons. The topological polar surface area (TPSA) is 71.8 Å². The molecule has 2 heterocycles. The van der Waals surface area contributed by atoms with Crippen LogP contribution in [0.25, 0.3) is 0 Å². The first-order valence-corrected chi connectivity index (χ1v) is 9.51. The summed E-state index contributed by atoms with van der Waals surface area (Å²) in [6, 6.07) is 6.34. The highest BCUT2D eigenvalue weighted by Crippen LogP contribution is 2.30. The maximum absolute atomic E-state index is 13.3. The van der Waals surface area contributed by atoms with Crippen molar-refractivity contribution >= 4 is 5.91 Å². The molecule has 2 aromatic rings. The lowest BCUT2D eigenvalue weighted by atomic mass is 9.85. The predicted molar refractivity (Wildman–Crippen MR) is 102 cm³/mol. The van der Waals surface area contributed by atoms with Gasteiger partial charge in [0.05, 0.1) is 18.3 Å². The first kappa shape index (κ1) is 19.5. The van der Waals surface area contributed by atoms with E-state index < -0.39 is 0 Å². The zero-order chi connectivity index (χ0) is 19.4. The first-order chi connectivity index (χ1) is 12.8. The highest BCUT2D eigenvalue weighted by atomic mass is 19.1. The number of nitrogens with zero attached hydrogens (tertiary/aromatic N) is 3. The SMILES string of the molecule is CC(C)(C)CC(NC(=O)c1cn(C2CCNCC2)nn1)c1ccc(F)cc1. The van der Waals surface area contributed by atoms with Gasteiger partial charge in [-0.1, -0.05) is 38.1 Å². The molecule has 1 aromatic heterocycles. The Balaban J connectivity index is 1.73. The summed E-state index contributed by atoms with van der Waals surface area (Å²) >= 11 is 0. The molecule has 6 nitrogen and oxygen atoms in total. The molecule has 7 heteroatoms. The van der Waals surface area contributed by atoms with Crippen LogP contribution in [0.1, 0.15) is 68.2 Å². The number of nitrogens with one attached hydrogen (secondary N) is 2. The molecule has 0 aliphatic carbocycles. The fourth-order valence-corrected chi connectivity index (χ4v) is 3.42. The van der Waals surface area contributed by atoms with Crippen molar-refractivity contribution in [1.29, 1.82) is 0 Å². The number of carbonyl (C=O) groups is 1. The number of benzene rings is 1. The highest BCUT2D eigenvalue weighted by Gasteiger charge is 2.24. The van der Waals surface area contributed by atoms with Crippen molar-refractivity contribution in [3.63, 3.8) is 0 Å².